The molecule has 1 heterocycles. The van der Waals surface area contributed by atoms with Crippen LogP contribution in [-0.4, -0.2) is 92.4 Å². The number of hydrogen-bond donors (Lipinski definition) is 0. The Hall–Kier alpha value is -3.26. The first-order chi connectivity index (χ1) is 16.3. The summed E-state index contributed by atoms with van der Waals surface area (Å²) in [5.74, 6) is -4.37. The SMILES string of the molecule is CC(=O)OCC(CO[C@H]1O[C@H](COC(C)=O)[C@@H](OC(C)=O)[C@H](OC(C)=O)[C@H]1OC(C)=O)OC(C)=O. The molecule has 0 amide bonds. The smallest absolute Gasteiger partial charge is 0.303 e. The summed E-state index contributed by atoms with van der Waals surface area (Å²) in [7, 11) is 0. The first-order valence-electron chi connectivity index (χ1n) is 10.5. The Morgan fingerprint density at radius 3 is 1.63 bits per heavy atom. The molecule has 1 saturated heterocycles. The van der Waals surface area contributed by atoms with Gasteiger partial charge in [0.15, 0.2) is 30.7 Å². The highest BCUT2D eigenvalue weighted by molar-refractivity contribution is 5.69. The molecule has 35 heavy (non-hydrogen) atoms. The molecule has 0 aromatic heterocycles. The molecule has 1 fully saturated rings. The average Bonchev–Trinajstić information content (AvgIpc) is 2.70. The highest BCUT2D eigenvalue weighted by Gasteiger charge is 2.53. The topological polar surface area (TPSA) is 176 Å². The maximum atomic E-state index is 11.8. The van der Waals surface area contributed by atoms with Crippen LogP contribution >= 0.6 is 0 Å². The predicted octanol–water partition coefficient (Wildman–Crippen LogP) is -0.419. The molecule has 0 N–H and O–H groups in total. The fourth-order valence-electron chi connectivity index (χ4n) is 3.09. The summed E-state index contributed by atoms with van der Waals surface area (Å²) < 4.78 is 42.1. The van der Waals surface area contributed by atoms with Crippen LogP contribution in [0.1, 0.15) is 41.5 Å². The van der Waals surface area contributed by atoms with Crippen molar-refractivity contribution in [2.24, 2.45) is 0 Å². The Balaban J connectivity index is 3.27. The molecule has 1 aliphatic heterocycles. The molecule has 6 atom stereocenters. The van der Waals surface area contributed by atoms with Crippen LogP contribution in [0.5, 0.6) is 0 Å². The zero-order valence-corrected chi connectivity index (χ0v) is 20.3. The van der Waals surface area contributed by atoms with Gasteiger partial charge < -0.3 is 37.9 Å². The van der Waals surface area contributed by atoms with Gasteiger partial charge in [-0.05, 0) is 0 Å². The van der Waals surface area contributed by atoms with Gasteiger partial charge in [-0.3, -0.25) is 28.8 Å². The number of carbonyl (C=O) groups is 6. The standard InChI is InChI=1S/C21H30O14/c1-10(22)28-7-16(31-12(3)24)8-30-21-20(34-15(6)27)19(33-14(5)26)18(32-13(4)25)17(35-21)9-29-11(2)23/h16-21H,7-9H2,1-6H3/t16?,17-,18-,19+,20-,21+/m1/s1. The van der Waals surface area contributed by atoms with Crippen molar-refractivity contribution in [3.63, 3.8) is 0 Å². The highest BCUT2D eigenvalue weighted by atomic mass is 16.7. The summed E-state index contributed by atoms with van der Waals surface area (Å²) in [4.78, 5) is 69.2. The Labute approximate surface area is 201 Å². The van der Waals surface area contributed by atoms with Crippen LogP contribution in [0, 0.1) is 0 Å². The van der Waals surface area contributed by atoms with Crippen molar-refractivity contribution in [3.8, 4) is 0 Å². The Kier molecular flexibility index (Phi) is 12.1. The van der Waals surface area contributed by atoms with Gasteiger partial charge >= 0.3 is 35.8 Å². The van der Waals surface area contributed by atoms with E-state index in [1.807, 2.05) is 0 Å². The molecule has 0 aliphatic carbocycles. The lowest BCUT2D eigenvalue weighted by Gasteiger charge is -2.44. The molecule has 198 valence electrons. The number of rotatable bonds is 11. The fourth-order valence-corrected chi connectivity index (χ4v) is 3.09. The Bertz CT molecular complexity index is 793. The van der Waals surface area contributed by atoms with Crippen molar-refractivity contribution < 1.29 is 66.7 Å². The molecule has 0 spiro atoms. The van der Waals surface area contributed by atoms with Crippen LogP contribution < -0.4 is 0 Å². The van der Waals surface area contributed by atoms with Gasteiger partial charge in [-0.2, -0.15) is 0 Å². The number of ether oxygens (including phenoxy) is 8. The minimum atomic E-state index is -1.47. The Morgan fingerprint density at radius 2 is 1.14 bits per heavy atom. The summed E-state index contributed by atoms with van der Waals surface area (Å²) in [5, 5.41) is 0. The van der Waals surface area contributed by atoms with E-state index in [-0.39, 0.29) is 6.61 Å². The van der Waals surface area contributed by atoms with Crippen LogP contribution in [-0.2, 0) is 66.7 Å². The van der Waals surface area contributed by atoms with E-state index in [0.29, 0.717) is 0 Å². The van der Waals surface area contributed by atoms with E-state index >= 15 is 0 Å². The second kappa shape index (κ2) is 14.2. The molecule has 1 unspecified atom stereocenters. The third-order valence-corrected chi connectivity index (χ3v) is 4.20. The minimum Gasteiger partial charge on any atom is -0.463 e. The monoisotopic (exact) mass is 506 g/mol. The summed E-state index contributed by atoms with van der Waals surface area (Å²) in [6, 6.07) is 0. The summed E-state index contributed by atoms with van der Waals surface area (Å²) in [5.41, 5.74) is 0. The van der Waals surface area contributed by atoms with Crippen LogP contribution in [0.15, 0.2) is 0 Å². The fraction of sp³-hybridized carbons (Fsp3) is 0.714. The van der Waals surface area contributed by atoms with Gasteiger partial charge in [0.2, 0.25) is 0 Å². The molecule has 1 aliphatic rings. The van der Waals surface area contributed by atoms with E-state index in [1.54, 1.807) is 0 Å². The van der Waals surface area contributed by atoms with Gasteiger partial charge in [0.25, 0.3) is 0 Å². The van der Waals surface area contributed by atoms with Gasteiger partial charge in [0.05, 0.1) is 6.61 Å². The van der Waals surface area contributed by atoms with Crippen molar-refractivity contribution in [3.05, 3.63) is 0 Å². The summed E-state index contributed by atoms with van der Waals surface area (Å²) >= 11 is 0. The minimum absolute atomic E-state index is 0.347. The molecular formula is C21H30O14. The molecule has 0 radical (unpaired) electrons. The van der Waals surface area contributed by atoms with E-state index in [0.717, 1.165) is 41.5 Å². The van der Waals surface area contributed by atoms with Crippen molar-refractivity contribution in [2.75, 3.05) is 19.8 Å². The second-order valence-corrected chi connectivity index (χ2v) is 7.44. The van der Waals surface area contributed by atoms with Crippen molar-refractivity contribution in [2.45, 2.75) is 78.4 Å². The lowest BCUT2D eigenvalue weighted by Crippen LogP contribution is -2.63. The maximum Gasteiger partial charge on any atom is 0.303 e. The van der Waals surface area contributed by atoms with Crippen molar-refractivity contribution >= 4 is 35.8 Å². The van der Waals surface area contributed by atoms with Crippen molar-refractivity contribution in [1.29, 1.82) is 0 Å². The maximum absolute atomic E-state index is 11.8. The first kappa shape index (κ1) is 29.8. The van der Waals surface area contributed by atoms with E-state index in [9.17, 15) is 28.8 Å². The number of carbonyl (C=O) groups excluding carboxylic acids is 6. The van der Waals surface area contributed by atoms with Crippen LogP contribution in [0.4, 0.5) is 0 Å². The molecule has 1 rings (SSSR count). The third kappa shape index (κ3) is 11.1. The quantitative estimate of drug-likeness (QED) is 0.261. The molecule has 0 saturated carbocycles. The molecule has 0 aromatic carbocycles. The molecule has 14 heteroatoms. The summed E-state index contributed by atoms with van der Waals surface area (Å²) in [6.07, 6.45) is -7.94. The van der Waals surface area contributed by atoms with Crippen molar-refractivity contribution in [1.82, 2.24) is 0 Å². The van der Waals surface area contributed by atoms with Gasteiger partial charge in [0.1, 0.15) is 19.3 Å². The van der Waals surface area contributed by atoms with E-state index < -0.39 is 85.8 Å². The molecule has 0 bridgehead atoms. The Morgan fingerprint density at radius 1 is 0.629 bits per heavy atom. The molecular weight excluding hydrogens is 476 g/mol. The normalized spacial score (nSPS) is 24.3. The third-order valence-electron chi connectivity index (χ3n) is 4.20. The summed E-state index contributed by atoms with van der Waals surface area (Å²) in [6.45, 7) is 5.50. The van der Waals surface area contributed by atoms with Gasteiger partial charge in [-0.1, -0.05) is 0 Å². The van der Waals surface area contributed by atoms with Crippen LogP contribution in [0.25, 0.3) is 0 Å². The van der Waals surface area contributed by atoms with Crippen LogP contribution in [0.2, 0.25) is 0 Å². The first-order valence-corrected chi connectivity index (χ1v) is 10.5. The van der Waals surface area contributed by atoms with E-state index in [4.69, 9.17) is 37.9 Å². The number of hydrogen-bond acceptors (Lipinski definition) is 14. The van der Waals surface area contributed by atoms with E-state index in [1.165, 1.54) is 0 Å². The molecule has 0 aromatic rings. The second-order valence-electron chi connectivity index (χ2n) is 7.44. The van der Waals surface area contributed by atoms with E-state index in [2.05, 4.69) is 0 Å². The van der Waals surface area contributed by atoms with Gasteiger partial charge in [-0.15, -0.1) is 0 Å². The zero-order valence-electron chi connectivity index (χ0n) is 20.3. The van der Waals surface area contributed by atoms with Gasteiger partial charge in [-0.25, -0.2) is 0 Å². The lowest BCUT2D eigenvalue weighted by molar-refractivity contribution is -0.311. The zero-order chi connectivity index (χ0) is 26.7. The largest absolute Gasteiger partial charge is 0.463 e. The highest BCUT2D eigenvalue weighted by Crippen LogP contribution is 2.30. The number of esters is 6. The lowest BCUT2D eigenvalue weighted by atomic mass is 9.98. The molecule has 14 nitrogen and oxygen atoms in total. The average molecular weight is 506 g/mol. The van der Waals surface area contributed by atoms with Crippen LogP contribution in [0.3, 0.4) is 0 Å². The predicted molar refractivity (Wildman–Crippen MR) is 110 cm³/mol. The van der Waals surface area contributed by atoms with Gasteiger partial charge in [0, 0.05) is 41.5 Å².